The molecule has 0 fully saturated rings. The average Bonchev–Trinajstić information content (AvgIpc) is 2.91. The number of aliphatic imine (C=N–C) groups is 1. The number of benzene rings is 1. The van der Waals surface area contributed by atoms with Crippen molar-refractivity contribution in [3.05, 3.63) is 47.6 Å². The Morgan fingerprint density at radius 3 is 2.81 bits per heavy atom. The van der Waals surface area contributed by atoms with Gasteiger partial charge in [-0.3, -0.25) is 9.69 Å². The van der Waals surface area contributed by atoms with Crippen molar-refractivity contribution in [2.45, 2.75) is 37.6 Å². The zero-order chi connectivity index (χ0) is 19.0. The van der Waals surface area contributed by atoms with Gasteiger partial charge >= 0.3 is 0 Å². The van der Waals surface area contributed by atoms with Crippen LogP contribution in [0.15, 0.2) is 47.0 Å². The Balaban J connectivity index is 1.65. The fourth-order valence-corrected chi connectivity index (χ4v) is 3.76. The zero-order valence-corrected chi connectivity index (χ0v) is 15.8. The molecule has 3 aliphatic rings. The lowest BCUT2D eigenvalue weighted by molar-refractivity contribution is -0.128. The third-order valence-electron chi connectivity index (χ3n) is 5.46. The molecule has 0 bridgehead atoms. The molecule has 6 nitrogen and oxygen atoms in total. The van der Waals surface area contributed by atoms with E-state index in [0.717, 1.165) is 29.9 Å². The van der Waals surface area contributed by atoms with Crippen LogP contribution in [0.25, 0.3) is 0 Å². The molecule has 4 rings (SSSR count). The van der Waals surface area contributed by atoms with Crippen LogP contribution in [0.1, 0.15) is 37.7 Å². The predicted octanol–water partition coefficient (Wildman–Crippen LogP) is 2.75. The van der Waals surface area contributed by atoms with E-state index in [-0.39, 0.29) is 17.8 Å². The largest absolute Gasteiger partial charge is 0.490 e. The van der Waals surface area contributed by atoms with E-state index in [4.69, 9.17) is 15.2 Å². The highest BCUT2D eigenvalue weighted by Crippen LogP contribution is 2.39. The minimum atomic E-state index is -0.631. The third kappa shape index (κ3) is 3.31. The van der Waals surface area contributed by atoms with Crippen LogP contribution in [-0.4, -0.2) is 42.6 Å². The average molecular weight is 367 g/mol. The van der Waals surface area contributed by atoms with Crippen molar-refractivity contribution in [3.63, 3.8) is 0 Å². The number of guanidine groups is 1. The van der Waals surface area contributed by atoms with E-state index in [2.05, 4.69) is 35.4 Å². The molecule has 0 aromatic heterocycles. The molecule has 2 aliphatic heterocycles. The smallest absolute Gasteiger partial charge is 0.231 e. The Labute approximate surface area is 159 Å². The van der Waals surface area contributed by atoms with Gasteiger partial charge in [0.1, 0.15) is 0 Å². The second kappa shape index (κ2) is 6.76. The number of hydrogen-bond acceptors (Lipinski definition) is 5. The van der Waals surface area contributed by atoms with Crippen molar-refractivity contribution in [3.8, 4) is 11.5 Å². The molecule has 2 atom stereocenters. The van der Waals surface area contributed by atoms with E-state index in [9.17, 15) is 4.79 Å². The topological polar surface area (TPSA) is 77.2 Å². The molecule has 1 aliphatic carbocycles. The van der Waals surface area contributed by atoms with E-state index in [1.54, 1.807) is 7.05 Å². The lowest BCUT2D eigenvalue weighted by Crippen LogP contribution is -2.49. The fourth-order valence-electron chi connectivity index (χ4n) is 3.76. The first-order valence-electron chi connectivity index (χ1n) is 9.36. The summed E-state index contributed by atoms with van der Waals surface area (Å²) in [5.74, 6) is 2.05. The van der Waals surface area contributed by atoms with Crippen molar-refractivity contribution < 1.29 is 14.3 Å². The highest BCUT2D eigenvalue weighted by atomic mass is 16.5. The summed E-state index contributed by atoms with van der Waals surface area (Å²) >= 11 is 0. The summed E-state index contributed by atoms with van der Waals surface area (Å²) in [4.78, 5) is 18.3. The van der Waals surface area contributed by atoms with E-state index in [1.165, 1.54) is 10.5 Å². The summed E-state index contributed by atoms with van der Waals surface area (Å²) in [6, 6.07) is 6.14. The first-order valence-corrected chi connectivity index (χ1v) is 9.36. The number of carbonyl (C=O) groups is 1. The number of allylic oxidation sites excluding steroid dienone is 2. The van der Waals surface area contributed by atoms with Crippen molar-refractivity contribution in [2.75, 3.05) is 20.3 Å². The zero-order valence-electron chi connectivity index (χ0n) is 15.8. The maximum absolute atomic E-state index is 12.3. The predicted molar refractivity (Wildman–Crippen MR) is 104 cm³/mol. The molecule has 0 saturated carbocycles. The van der Waals surface area contributed by atoms with Gasteiger partial charge in [-0.05, 0) is 36.6 Å². The summed E-state index contributed by atoms with van der Waals surface area (Å²) in [6.07, 6.45) is 8.51. The van der Waals surface area contributed by atoms with E-state index >= 15 is 0 Å². The van der Waals surface area contributed by atoms with Crippen molar-refractivity contribution in [2.24, 2.45) is 10.7 Å². The highest BCUT2D eigenvalue weighted by Gasteiger charge is 2.37. The van der Waals surface area contributed by atoms with Gasteiger partial charge in [-0.15, -0.1) is 0 Å². The van der Waals surface area contributed by atoms with Gasteiger partial charge in [0.2, 0.25) is 5.91 Å². The van der Waals surface area contributed by atoms with Crippen LogP contribution in [0, 0.1) is 0 Å². The van der Waals surface area contributed by atoms with Crippen molar-refractivity contribution in [1.82, 2.24) is 4.90 Å². The Kier molecular flexibility index (Phi) is 4.42. The van der Waals surface area contributed by atoms with Crippen LogP contribution in [0.3, 0.4) is 0 Å². The minimum Gasteiger partial charge on any atom is -0.490 e. The second-order valence-electron chi connectivity index (χ2n) is 7.50. The number of fused-ring (bicyclic) bond motifs is 1. The molecule has 27 heavy (non-hydrogen) atoms. The lowest BCUT2D eigenvalue weighted by Gasteiger charge is -2.35. The summed E-state index contributed by atoms with van der Waals surface area (Å²) in [6.45, 7) is 3.32. The maximum Gasteiger partial charge on any atom is 0.231 e. The van der Waals surface area contributed by atoms with E-state index in [0.29, 0.717) is 19.6 Å². The van der Waals surface area contributed by atoms with Gasteiger partial charge in [0, 0.05) is 19.4 Å². The summed E-state index contributed by atoms with van der Waals surface area (Å²) in [5.41, 5.74) is 7.52. The first-order chi connectivity index (χ1) is 13.0. The maximum atomic E-state index is 12.3. The molecule has 0 radical (unpaired) electrons. The highest BCUT2D eigenvalue weighted by molar-refractivity contribution is 5.99. The van der Waals surface area contributed by atoms with Crippen LogP contribution in [-0.2, 0) is 4.79 Å². The van der Waals surface area contributed by atoms with Crippen molar-refractivity contribution >= 4 is 11.9 Å². The van der Waals surface area contributed by atoms with Crippen LogP contribution < -0.4 is 15.2 Å². The molecule has 0 spiro atoms. The van der Waals surface area contributed by atoms with E-state index < -0.39 is 5.54 Å². The molecule has 1 amide bonds. The number of amides is 1. The second-order valence-corrected chi connectivity index (χ2v) is 7.50. The van der Waals surface area contributed by atoms with Gasteiger partial charge in [0.05, 0.1) is 25.2 Å². The molecule has 1 aromatic rings. The summed E-state index contributed by atoms with van der Waals surface area (Å²) in [5, 5.41) is 0. The monoisotopic (exact) mass is 367 g/mol. The number of nitrogens with two attached hydrogens (primary N) is 1. The third-order valence-corrected chi connectivity index (χ3v) is 5.46. The van der Waals surface area contributed by atoms with Gasteiger partial charge in [0.25, 0.3) is 0 Å². The molecule has 1 aromatic carbocycles. The number of rotatable bonds is 2. The number of carbonyl (C=O) groups excluding carboxylic acids is 1. The Hall–Kier alpha value is -2.76. The summed E-state index contributed by atoms with van der Waals surface area (Å²) in [7, 11) is 1.66. The molecule has 0 saturated heterocycles. The van der Waals surface area contributed by atoms with Gasteiger partial charge in [-0.25, -0.2) is 4.99 Å². The molecule has 2 unspecified atom stereocenters. The van der Waals surface area contributed by atoms with Crippen LogP contribution >= 0.6 is 0 Å². The number of hydrogen-bond donors (Lipinski definition) is 1. The quantitative estimate of drug-likeness (QED) is 0.872. The van der Waals surface area contributed by atoms with Gasteiger partial charge in [-0.1, -0.05) is 24.3 Å². The lowest BCUT2D eigenvalue weighted by atomic mass is 9.80. The van der Waals surface area contributed by atoms with Gasteiger partial charge < -0.3 is 15.2 Å². The fraction of sp³-hybridized carbons (Fsp3) is 0.429. The molecule has 142 valence electrons. The van der Waals surface area contributed by atoms with Crippen molar-refractivity contribution in [1.29, 1.82) is 0 Å². The Bertz CT molecular complexity index is 858. The van der Waals surface area contributed by atoms with E-state index in [1.807, 2.05) is 13.0 Å². The van der Waals surface area contributed by atoms with Crippen LogP contribution in [0.2, 0.25) is 0 Å². The number of nitrogens with zero attached hydrogens (tertiary/aromatic N) is 2. The van der Waals surface area contributed by atoms with Gasteiger partial charge in [0.15, 0.2) is 17.5 Å². The van der Waals surface area contributed by atoms with Crippen LogP contribution in [0.5, 0.6) is 11.5 Å². The minimum absolute atomic E-state index is 0.0167. The standard InChI is InChI=1S/C21H25N3O3/c1-21(13-19(25)24(2)20(22)23-21)16-6-3-5-14(11-16)15-7-8-17-18(12-15)27-10-4-9-26-17/h3,6-8,11-12,14H,4-5,9-10,13H2,1-2H3,(H2,22,23). The van der Waals surface area contributed by atoms with Crippen LogP contribution in [0.4, 0.5) is 0 Å². The summed E-state index contributed by atoms with van der Waals surface area (Å²) < 4.78 is 11.6. The first kappa shape index (κ1) is 17.6. The molecular formula is C21H25N3O3. The molecule has 6 heteroatoms. The molecule has 2 N–H and O–H groups in total. The molecular weight excluding hydrogens is 342 g/mol. The normalized spacial score (nSPS) is 27.7. The molecule has 2 heterocycles. The number of ether oxygens (including phenoxy) is 2. The Morgan fingerprint density at radius 2 is 2.04 bits per heavy atom. The van der Waals surface area contributed by atoms with Gasteiger partial charge in [-0.2, -0.15) is 0 Å². The SMILES string of the molecule is CN1C(=O)CC(C)(C2=CC(c3ccc4c(c3)OCCCO4)CC=C2)N=C1N. The Morgan fingerprint density at radius 1 is 1.26 bits per heavy atom.